The van der Waals surface area contributed by atoms with E-state index in [-0.39, 0.29) is 0 Å². The largest absolute Gasteiger partial charge is 0.308 e. The zero-order valence-corrected chi connectivity index (χ0v) is 9.15. The van der Waals surface area contributed by atoms with Crippen LogP contribution in [-0.2, 0) is 6.54 Å². The lowest BCUT2D eigenvalue weighted by molar-refractivity contribution is 0.274. The molecule has 1 heterocycles. The average Bonchev–Trinajstić information content (AvgIpc) is 2.47. The van der Waals surface area contributed by atoms with E-state index in [1.165, 1.54) is 44.2 Å². The minimum Gasteiger partial charge on any atom is -0.308 e. The zero-order valence-electron chi connectivity index (χ0n) is 9.15. The van der Waals surface area contributed by atoms with Gasteiger partial charge in [-0.1, -0.05) is 6.42 Å². The van der Waals surface area contributed by atoms with Crippen LogP contribution in [0.25, 0.3) is 0 Å². The topological polar surface area (TPSA) is 29.9 Å². The number of aromatic nitrogens is 2. The zero-order chi connectivity index (χ0) is 10.1. The van der Waals surface area contributed by atoms with Crippen LogP contribution in [0.5, 0.6) is 0 Å². The molecule has 0 bridgehead atoms. The minimum absolute atomic E-state index is 0.693. The quantitative estimate of drug-likeness (QED) is 0.817. The molecule has 1 N–H and O–H groups in total. The van der Waals surface area contributed by atoms with Gasteiger partial charge in [-0.05, 0) is 38.2 Å². The highest BCUT2D eigenvalue weighted by molar-refractivity contribution is 5.03. The highest BCUT2D eigenvalue weighted by atomic mass is 15.3. The highest BCUT2D eigenvalue weighted by Gasteiger charge is 2.22. The first-order valence-electron chi connectivity index (χ1n) is 6.19. The van der Waals surface area contributed by atoms with E-state index >= 15 is 0 Å². The molecule has 3 nitrogen and oxygen atoms in total. The van der Waals surface area contributed by atoms with Crippen LogP contribution >= 0.6 is 0 Å². The van der Waals surface area contributed by atoms with Gasteiger partial charge in [-0.15, -0.1) is 0 Å². The standard InChI is InChI=1S/C12H19N3/c1-3-10(4-1)13-9-12-7-8-14-15(12)11-5-2-6-11/h7-8,10-11,13H,1-6,9H2. The normalized spacial score (nSPS) is 22.4. The van der Waals surface area contributed by atoms with Crippen molar-refractivity contribution in [3.05, 3.63) is 18.0 Å². The molecule has 0 radical (unpaired) electrons. The van der Waals surface area contributed by atoms with Crippen molar-refractivity contribution < 1.29 is 0 Å². The summed E-state index contributed by atoms with van der Waals surface area (Å²) in [5.74, 6) is 0. The summed E-state index contributed by atoms with van der Waals surface area (Å²) in [6.45, 7) is 1.00. The van der Waals surface area contributed by atoms with Crippen molar-refractivity contribution in [2.24, 2.45) is 0 Å². The van der Waals surface area contributed by atoms with E-state index in [0.717, 1.165) is 12.6 Å². The first-order valence-corrected chi connectivity index (χ1v) is 6.19. The second-order valence-corrected chi connectivity index (χ2v) is 4.86. The van der Waals surface area contributed by atoms with Crippen LogP contribution in [0.4, 0.5) is 0 Å². The molecule has 1 aromatic rings. The van der Waals surface area contributed by atoms with E-state index in [1.54, 1.807) is 0 Å². The third kappa shape index (κ3) is 1.81. The van der Waals surface area contributed by atoms with Gasteiger partial charge in [0.1, 0.15) is 0 Å². The van der Waals surface area contributed by atoms with Crippen LogP contribution in [0.3, 0.4) is 0 Å². The molecule has 82 valence electrons. The van der Waals surface area contributed by atoms with Gasteiger partial charge in [0.05, 0.1) is 11.7 Å². The third-order valence-electron chi connectivity index (χ3n) is 3.85. The number of rotatable bonds is 4. The summed E-state index contributed by atoms with van der Waals surface area (Å²) in [5.41, 5.74) is 1.37. The van der Waals surface area contributed by atoms with E-state index in [4.69, 9.17) is 0 Å². The Balaban J connectivity index is 1.60. The molecule has 0 spiro atoms. The molecule has 2 aliphatic rings. The molecule has 1 aromatic heterocycles. The van der Waals surface area contributed by atoms with Gasteiger partial charge in [-0.25, -0.2) is 0 Å². The predicted octanol–water partition coefficient (Wildman–Crippen LogP) is 2.25. The molecule has 2 saturated carbocycles. The first kappa shape index (κ1) is 9.40. The molecule has 2 aliphatic carbocycles. The van der Waals surface area contributed by atoms with Crippen LogP contribution in [0, 0.1) is 0 Å². The van der Waals surface area contributed by atoms with E-state index in [1.807, 2.05) is 6.20 Å². The van der Waals surface area contributed by atoms with Gasteiger partial charge in [0.2, 0.25) is 0 Å². The molecule has 3 heteroatoms. The maximum Gasteiger partial charge on any atom is 0.0525 e. The van der Waals surface area contributed by atoms with Gasteiger partial charge in [-0.3, -0.25) is 4.68 Å². The molecule has 2 fully saturated rings. The Morgan fingerprint density at radius 1 is 1.27 bits per heavy atom. The monoisotopic (exact) mass is 205 g/mol. The molecule has 0 atom stereocenters. The van der Waals surface area contributed by atoms with Crippen molar-refractivity contribution in [3.8, 4) is 0 Å². The maximum atomic E-state index is 4.44. The molecule has 0 aromatic carbocycles. The third-order valence-corrected chi connectivity index (χ3v) is 3.85. The lowest BCUT2D eigenvalue weighted by Crippen LogP contribution is -2.35. The molecule has 3 rings (SSSR count). The van der Waals surface area contributed by atoms with Crippen LogP contribution in [0.15, 0.2) is 12.3 Å². The number of hydrogen-bond donors (Lipinski definition) is 1. The summed E-state index contributed by atoms with van der Waals surface area (Å²) in [6.07, 6.45) is 10.1. The number of hydrogen-bond acceptors (Lipinski definition) is 2. The van der Waals surface area contributed by atoms with Gasteiger partial charge in [0.15, 0.2) is 0 Å². The SMILES string of the molecule is c1cc(CNC2CCC2)n(C2CCC2)n1. The Kier molecular flexibility index (Phi) is 2.49. The van der Waals surface area contributed by atoms with Crippen molar-refractivity contribution in [1.82, 2.24) is 15.1 Å². The molecular formula is C12H19N3. The minimum atomic E-state index is 0.693. The molecule has 0 amide bonds. The smallest absolute Gasteiger partial charge is 0.0525 e. The van der Waals surface area contributed by atoms with E-state index < -0.39 is 0 Å². The van der Waals surface area contributed by atoms with E-state index in [0.29, 0.717) is 6.04 Å². The van der Waals surface area contributed by atoms with Gasteiger partial charge >= 0.3 is 0 Å². The first-order chi connectivity index (χ1) is 7.43. The number of nitrogens with zero attached hydrogens (tertiary/aromatic N) is 2. The van der Waals surface area contributed by atoms with Crippen molar-refractivity contribution in [2.45, 2.75) is 57.2 Å². The fourth-order valence-corrected chi connectivity index (χ4v) is 2.30. The Labute approximate surface area is 90.9 Å². The maximum absolute atomic E-state index is 4.44. The Hall–Kier alpha value is -0.830. The average molecular weight is 205 g/mol. The summed E-state index contributed by atoms with van der Waals surface area (Å²) in [5, 5.41) is 8.04. The second-order valence-electron chi connectivity index (χ2n) is 4.86. The lowest BCUT2D eigenvalue weighted by Gasteiger charge is -2.29. The van der Waals surface area contributed by atoms with Gasteiger partial charge < -0.3 is 5.32 Å². The fourth-order valence-electron chi connectivity index (χ4n) is 2.30. The van der Waals surface area contributed by atoms with Crippen LogP contribution in [-0.4, -0.2) is 15.8 Å². The summed E-state index contributed by atoms with van der Waals surface area (Å²) >= 11 is 0. The van der Waals surface area contributed by atoms with Crippen molar-refractivity contribution in [2.75, 3.05) is 0 Å². The van der Waals surface area contributed by atoms with Crippen LogP contribution < -0.4 is 5.32 Å². The van der Waals surface area contributed by atoms with Crippen LogP contribution in [0.1, 0.15) is 50.3 Å². The Morgan fingerprint density at radius 3 is 2.67 bits per heavy atom. The second kappa shape index (κ2) is 3.97. The molecule has 15 heavy (non-hydrogen) atoms. The molecule has 0 saturated heterocycles. The van der Waals surface area contributed by atoms with Gasteiger partial charge in [0.25, 0.3) is 0 Å². The van der Waals surface area contributed by atoms with Crippen molar-refractivity contribution in [1.29, 1.82) is 0 Å². The highest BCUT2D eigenvalue weighted by Crippen LogP contribution is 2.31. The summed E-state index contributed by atoms with van der Waals surface area (Å²) in [4.78, 5) is 0. The Morgan fingerprint density at radius 2 is 2.07 bits per heavy atom. The van der Waals surface area contributed by atoms with Crippen molar-refractivity contribution in [3.63, 3.8) is 0 Å². The molecule has 0 unspecified atom stereocenters. The van der Waals surface area contributed by atoms with Crippen LogP contribution in [0.2, 0.25) is 0 Å². The molecular weight excluding hydrogens is 186 g/mol. The van der Waals surface area contributed by atoms with Gasteiger partial charge in [-0.2, -0.15) is 5.10 Å². The summed E-state index contributed by atoms with van der Waals surface area (Å²) in [7, 11) is 0. The van der Waals surface area contributed by atoms with E-state index in [9.17, 15) is 0 Å². The predicted molar refractivity (Wildman–Crippen MR) is 59.6 cm³/mol. The fraction of sp³-hybridized carbons (Fsp3) is 0.750. The Bertz CT molecular complexity index is 323. The number of nitrogens with one attached hydrogen (secondary N) is 1. The summed E-state index contributed by atoms with van der Waals surface area (Å²) < 4.78 is 2.23. The lowest BCUT2D eigenvalue weighted by atomic mass is 9.92. The van der Waals surface area contributed by atoms with Crippen molar-refractivity contribution >= 4 is 0 Å². The van der Waals surface area contributed by atoms with E-state index in [2.05, 4.69) is 21.2 Å². The molecule has 0 aliphatic heterocycles. The summed E-state index contributed by atoms with van der Waals surface area (Å²) in [6, 6.07) is 3.62. The van der Waals surface area contributed by atoms with Gasteiger partial charge in [0, 0.05) is 18.8 Å².